The minimum atomic E-state index is -0.179. The number of carbonyl (C=O) groups is 2. The van der Waals surface area contributed by atoms with Crippen molar-refractivity contribution in [3.8, 4) is 0 Å². The van der Waals surface area contributed by atoms with Crippen LogP contribution in [0, 0.1) is 6.92 Å². The fourth-order valence-electron chi connectivity index (χ4n) is 2.48. The van der Waals surface area contributed by atoms with Crippen LogP contribution in [0.5, 0.6) is 0 Å². The molecule has 6 heteroatoms. The highest BCUT2D eigenvalue weighted by Gasteiger charge is 2.18. The molecule has 2 amide bonds. The van der Waals surface area contributed by atoms with Gasteiger partial charge >= 0.3 is 0 Å². The molecule has 1 heterocycles. The largest absolute Gasteiger partial charge is 0.326 e. The number of benzene rings is 2. The molecule has 0 unspecified atom stereocenters. The molecule has 0 spiro atoms. The maximum absolute atomic E-state index is 12.9. The molecule has 0 aliphatic rings. The van der Waals surface area contributed by atoms with Gasteiger partial charge in [-0.1, -0.05) is 30.3 Å². The van der Waals surface area contributed by atoms with Crippen molar-refractivity contribution >= 4 is 45.7 Å². The van der Waals surface area contributed by atoms with Crippen molar-refractivity contribution in [2.24, 2.45) is 0 Å². The van der Waals surface area contributed by atoms with Crippen LogP contribution in [-0.2, 0) is 9.59 Å². The molecule has 2 aromatic carbocycles. The summed E-state index contributed by atoms with van der Waals surface area (Å²) >= 11 is 1.43. The second kappa shape index (κ2) is 8.42. The lowest BCUT2D eigenvalue weighted by molar-refractivity contribution is -0.114. The molecule has 0 saturated heterocycles. The Balaban J connectivity index is 1.82. The van der Waals surface area contributed by atoms with Gasteiger partial charge in [0.05, 0.1) is 11.4 Å². The molecular formula is C21H19N3O2S. The van der Waals surface area contributed by atoms with Crippen molar-refractivity contribution in [3.05, 3.63) is 77.3 Å². The van der Waals surface area contributed by atoms with Gasteiger partial charge in [-0.2, -0.15) is 0 Å². The molecule has 0 aliphatic heterocycles. The fourth-order valence-corrected chi connectivity index (χ4v) is 3.30. The number of aryl methyl sites for hydroxylation is 1. The molecule has 0 radical (unpaired) electrons. The number of nitrogens with zero attached hydrogens (tertiary/aromatic N) is 2. The third kappa shape index (κ3) is 4.89. The van der Waals surface area contributed by atoms with Gasteiger partial charge in [-0.15, -0.1) is 11.3 Å². The number of para-hydroxylation sites is 1. The van der Waals surface area contributed by atoms with Gasteiger partial charge in [0.15, 0.2) is 5.13 Å². The minimum absolute atomic E-state index is 0.120. The average molecular weight is 377 g/mol. The van der Waals surface area contributed by atoms with Gasteiger partial charge in [0.25, 0.3) is 5.91 Å². The van der Waals surface area contributed by atoms with Crippen LogP contribution in [0.4, 0.5) is 16.5 Å². The highest BCUT2D eigenvalue weighted by atomic mass is 32.1. The highest BCUT2D eigenvalue weighted by molar-refractivity contribution is 7.14. The number of aromatic nitrogens is 1. The number of anilines is 3. The van der Waals surface area contributed by atoms with Crippen molar-refractivity contribution in [1.82, 2.24) is 4.98 Å². The normalized spacial score (nSPS) is 10.7. The van der Waals surface area contributed by atoms with Crippen LogP contribution in [0.1, 0.15) is 18.2 Å². The summed E-state index contributed by atoms with van der Waals surface area (Å²) in [6.07, 6.45) is 3.27. The van der Waals surface area contributed by atoms with E-state index in [1.807, 2.05) is 54.8 Å². The van der Waals surface area contributed by atoms with Crippen molar-refractivity contribution in [1.29, 1.82) is 0 Å². The zero-order valence-electron chi connectivity index (χ0n) is 15.0. The molecule has 0 bridgehead atoms. The van der Waals surface area contributed by atoms with Crippen LogP contribution < -0.4 is 10.2 Å². The summed E-state index contributed by atoms with van der Waals surface area (Å²) in [4.78, 5) is 30.0. The first-order chi connectivity index (χ1) is 13.0. The zero-order valence-corrected chi connectivity index (χ0v) is 15.9. The first kappa shape index (κ1) is 18.5. The number of amides is 2. The Bertz CT molecular complexity index is 963. The molecule has 0 fully saturated rings. The standard InChI is InChI=1S/C21H19N3O2S/c1-15-14-27-21(22-15)24(19-6-4-3-5-7-19)20(26)13-10-17-8-11-18(12-9-17)23-16(2)25/h3-14H,1-2H3,(H,23,25)/b13-10+. The van der Waals surface area contributed by atoms with Crippen molar-refractivity contribution < 1.29 is 9.59 Å². The Hall–Kier alpha value is -3.25. The summed E-state index contributed by atoms with van der Waals surface area (Å²) in [5.41, 5.74) is 3.22. The molecule has 5 nitrogen and oxygen atoms in total. The van der Waals surface area contributed by atoms with Crippen molar-refractivity contribution in [2.75, 3.05) is 10.2 Å². The minimum Gasteiger partial charge on any atom is -0.326 e. The number of thiazole rings is 1. The Labute approximate surface area is 162 Å². The SMILES string of the molecule is CC(=O)Nc1ccc(/C=C/C(=O)N(c2ccccc2)c2nc(C)cs2)cc1. The molecule has 0 aliphatic carbocycles. The third-order valence-corrected chi connectivity index (χ3v) is 4.63. The van der Waals surface area contributed by atoms with Crippen LogP contribution in [0.3, 0.4) is 0 Å². The smallest absolute Gasteiger partial charge is 0.257 e. The molecule has 0 atom stereocenters. The van der Waals surface area contributed by atoms with Crippen molar-refractivity contribution in [3.63, 3.8) is 0 Å². The molecule has 27 heavy (non-hydrogen) atoms. The Morgan fingerprint density at radius 3 is 2.37 bits per heavy atom. The topological polar surface area (TPSA) is 62.3 Å². The Morgan fingerprint density at radius 1 is 1.07 bits per heavy atom. The van der Waals surface area contributed by atoms with E-state index >= 15 is 0 Å². The van der Waals surface area contributed by atoms with Gasteiger partial charge in [0, 0.05) is 24.1 Å². The molecule has 1 aromatic heterocycles. The Kier molecular flexibility index (Phi) is 5.78. The fraction of sp³-hybridized carbons (Fsp3) is 0.0952. The molecule has 3 aromatic rings. The molecule has 1 N–H and O–H groups in total. The summed E-state index contributed by atoms with van der Waals surface area (Å²) < 4.78 is 0. The second-order valence-corrected chi connectivity index (χ2v) is 6.75. The number of nitrogens with one attached hydrogen (secondary N) is 1. The lowest BCUT2D eigenvalue weighted by Crippen LogP contribution is -2.23. The number of rotatable bonds is 5. The van der Waals surface area contributed by atoms with Crippen LogP contribution in [0.25, 0.3) is 6.08 Å². The van der Waals surface area contributed by atoms with E-state index in [4.69, 9.17) is 0 Å². The molecular weight excluding hydrogens is 358 g/mol. The zero-order chi connectivity index (χ0) is 19.2. The van der Waals surface area contributed by atoms with E-state index in [1.54, 1.807) is 23.1 Å². The van der Waals surface area contributed by atoms with E-state index in [-0.39, 0.29) is 11.8 Å². The van der Waals surface area contributed by atoms with E-state index < -0.39 is 0 Å². The maximum Gasteiger partial charge on any atom is 0.257 e. The molecule has 136 valence electrons. The van der Waals surface area contributed by atoms with E-state index in [2.05, 4.69) is 10.3 Å². The average Bonchev–Trinajstić information content (AvgIpc) is 3.07. The van der Waals surface area contributed by atoms with Gasteiger partial charge < -0.3 is 5.32 Å². The van der Waals surface area contributed by atoms with Gasteiger partial charge in [-0.3, -0.25) is 14.5 Å². The lowest BCUT2D eigenvalue weighted by atomic mass is 10.2. The first-order valence-corrected chi connectivity index (χ1v) is 9.28. The molecule has 0 saturated carbocycles. The van der Waals surface area contributed by atoms with E-state index in [0.717, 1.165) is 22.6 Å². The van der Waals surface area contributed by atoms with Crippen LogP contribution in [0.15, 0.2) is 66.1 Å². The number of carbonyl (C=O) groups excluding carboxylic acids is 2. The van der Waals surface area contributed by atoms with Gasteiger partial charge in [0.1, 0.15) is 0 Å². The van der Waals surface area contributed by atoms with E-state index in [9.17, 15) is 9.59 Å². The van der Waals surface area contributed by atoms with E-state index in [1.165, 1.54) is 24.3 Å². The third-order valence-electron chi connectivity index (χ3n) is 3.68. The van der Waals surface area contributed by atoms with Gasteiger partial charge in [-0.05, 0) is 42.8 Å². The summed E-state index contributed by atoms with van der Waals surface area (Å²) in [6, 6.07) is 16.7. The second-order valence-electron chi connectivity index (χ2n) is 5.92. The summed E-state index contributed by atoms with van der Waals surface area (Å²) in [6.45, 7) is 3.37. The monoisotopic (exact) mass is 377 g/mol. The summed E-state index contributed by atoms with van der Waals surface area (Å²) in [5, 5.41) is 5.27. The number of hydrogen-bond acceptors (Lipinski definition) is 4. The maximum atomic E-state index is 12.9. The predicted octanol–water partition coefficient (Wildman–Crippen LogP) is 4.79. The van der Waals surface area contributed by atoms with Crippen LogP contribution in [-0.4, -0.2) is 16.8 Å². The van der Waals surface area contributed by atoms with Crippen LogP contribution >= 0.6 is 11.3 Å². The predicted molar refractivity (Wildman–Crippen MR) is 110 cm³/mol. The molecule has 3 rings (SSSR count). The summed E-state index contributed by atoms with van der Waals surface area (Å²) in [5.74, 6) is -0.299. The highest BCUT2D eigenvalue weighted by Crippen LogP contribution is 2.28. The summed E-state index contributed by atoms with van der Waals surface area (Å²) in [7, 11) is 0. The van der Waals surface area contributed by atoms with Crippen LogP contribution in [0.2, 0.25) is 0 Å². The van der Waals surface area contributed by atoms with E-state index in [0.29, 0.717) is 5.13 Å². The Morgan fingerprint density at radius 2 is 1.78 bits per heavy atom. The quantitative estimate of drug-likeness (QED) is 0.651. The van der Waals surface area contributed by atoms with Gasteiger partial charge in [-0.25, -0.2) is 4.98 Å². The van der Waals surface area contributed by atoms with Crippen molar-refractivity contribution in [2.45, 2.75) is 13.8 Å². The lowest BCUT2D eigenvalue weighted by Gasteiger charge is -2.18. The van der Waals surface area contributed by atoms with Gasteiger partial charge in [0.2, 0.25) is 5.91 Å². The number of hydrogen-bond donors (Lipinski definition) is 1. The first-order valence-electron chi connectivity index (χ1n) is 8.40.